The van der Waals surface area contributed by atoms with E-state index >= 15 is 0 Å². The van der Waals surface area contributed by atoms with E-state index in [1.165, 1.54) is 6.92 Å². The molecule has 5 nitrogen and oxygen atoms in total. The van der Waals surface area contributed by atoms with Gasteiger partial charge in [-0.25, -0.2) is 4.39 Å². The van der Waals surface area contributed by atoms with Crippen molar-refractivity contribution in [2.24, 2.45) is 17.8 Å². The second kappa shape index (κ2) is 10.2. The summed E-state index contributed by atoms with van der Waals surface area (Å²) in [6, 6.07) is 6.25. The third kappa shape index (κ3) is 4.87. The van der Waals surface area contributed by atoms with Crippen LogP contribution in [0, 0.1) is 17.8 Å². The van der Waals surface area contributed by atoms with Gasteiger partial charge in [-0.1, -0.05) is 31.6 Å². The predicted molar refractivity (Wildman–Crippen MR) is 140 cm³/mol. The minimum absolute atomic E-state index is 0.00513. The number of benzene rings is 1. The fraction of sp³-hybridized carbons (Fsp3) is 0.533. The predicted octanol–water partition coefficient (Wildman–Crippen LogP) is 6.82. The summed E-state index contributed by atoms with van der Waals surface area (Å²) in [5, 5.41) is 10.8. The molecular weight excluding hydrogens is 455 g/mol. The quantitative estimate of drug-likeness (QED) is 0.417. The number of H-pyrrole nitrogens is 1. The smallest absolute Gasteiger partial charge is 0.306 e. The maximum absolute atomic E-state index is 13.6. The Morgan fingerprint density at radius 2 is 1.97 bits per heavy atom. The number of hydrogen-bond acceptors (Lipinski definition) is 2. The van der Waals surface area contributed by atoms with Gasteiger partial charge in [-0.3, -0.25) is 9.59 Å². The Morgan fingerprint density at radius 3 is 2.69 bits per heavy atom. The van der Waals surface area contributed by atoms with Gasteiger partial charge in [-0.05, 0) is 92.0 Å². The Balaban J connectivity index is 1.40. The highest BCUT2D eigenvalue weighted by atomic mass is 19.1. The second-order valence-electron chi connectivity index (χ2n) is 11.1. The van der Waals surface area contributed by atoms with Crippen molar-refractivity contribution in [1.29, 1.82) is 0 Å². The lowest BCUT2D eigenvalue weighted by molar-refractivity contribution is -0.152. The summed E-state index contributed by atoms with van der Waals surface area (Å²) in [5.74, 6) is -0.596. The number of aliphatic carboxylic acids is 1. The summed E-state index contributed by atoms with van der Waals surface area (Å²) in [6.07, 6.45) is 12.4. The molecule has 3 aliphatic rings. The van der Waals surface area contributed by atoms with E-state index in [4.69, 9.17) is 0 Å². The molecule has 2 aliphatic carbocycles. The lowest BCUT2D eigenvalue weighted by Crippen LogP contribution is -2.53. The molecule has 4 atom stereocenters. The van der Waals surface area contributed by atoms with E-state index in [0.29, 0.717) is 12.3 Å². The Bertz CT molecular complexity index is 1200. The molecule has 1 saturated heterocycles. The van der Waals surface area contributed by atoms with E-state index in [-0.39, 0.29) is 35.5 Å². The number of amides is 1. The zero-order valence-electron chi connectivity index (χ0n) is 21.3. The van der Waals surface area contributed by atoms with Crippen molar-refractivity contribution in [3.8, 4) is 0 Å². The molecule has 4 unspecified atom stereocenters. The number of likely N-dealkylation sites (tertiary alicyclic amines) is 1. The van der Waals surface area contributed by atoms with Crippen molar-refractivity contribution in [1.82, 2.24) is 9.88 Å². The van der Waals surface area contributed by atoms with Crippen LogP contribution in [0.25, 0.3) is 16.5 Å². The number of nitrogens with zero attached hydrogens (tertiary/aromatic N) is 1. The summed E-state index contributed by atoms with van der Waals surface area (Å²) in [5.41, 5.74) is 4.43. The maximum Gasteiger partial charge on any atom is 0.306 e. The molecule has 0 radical (unpaired) electrons. The number of carbonyl (C=O) groups excluding carboxylic acids is 1. The van der Waals surface area contributed by atoms with E-state index in [1.54, 1.807) is 6.08 Å². The van der Waals surface area contributed by atoms with Crippen molar-refractivity contribution < 1.29 is 19.1 Å². The van der Waals surface area contributed by atoms with Gasteiger partial charge in [0.1, 0.15) is 0 Å². The number of fused-ring (bicyclic) bond motifs is 2. The average Bonchev–Trinajstić information content (AvgIpc) is 3.60. The van der Waals surface area contributed by atoms with E-state index in [9.17, 15) is 19.1 Å². The van der Waals surface area contributed by atoms with Gasteiger partial charge in [0.2, 0.25) is 5.91 Å². The number of piperidine rings is 1. The van der Waals surface area contributed by atoms with Crippen molar-refractivity contribution in [2.45, 2.75) is 77.2 Å². The zero-order valence-corrected chi connectivity index (χ0v) is 21.3. The first kappa shape index (κ1) is 24.8. The number of carbonyl (C=O) groups is 2. The van der Waals surface area contributed by atoms with Crippen molar-refractivity contribution >= 4 is 28.4 Å². The highest BCUT2D eigenvalue weighted by molar-refractivity contribution is 5.96. The van der Waals surface area contributed by atoms with E-state index in [2.05, 4.69) is 24.0 Å². The van der Waals surface area contributed by atoms with Crippen molar-refractivity contribution in [3.05, 3.63) is 53.5 Å². The summed E-state index contributed by atoms with van der Waals surface area (Å²) in [4.78, 5) is 30.8. The van der Waals surface area contributed by atoms with E-state index < -0.39 is 5.97 Å². The molecule has 3 fully saturated rings. The first-order valence-electron chi connectivity index (χ1n) is 13.5. The first-order valence-corrected chi connectivity index (χ1v) is 13.5. The van der Waals surface area contributed by atoms with Gasteiger partial charge >= 0.3 is 5.97 Å². The average molecular weight is 493 g/mol. The van der Waals surface area contributed by atoms with Crippen LogP contribution in [0.2, 0.25) is 0 Å². The highest BCUT2D eigenvalue weighted by Crippen LogP contribution is 2.46. The molecule has 5 rings (SSSR count). The minimum Gasteiger partial charge on any atom is -0.481 e. The molecule has 6 heteroatoms. The number of hydrogen-bond donors (Lipinski definition) is 2. The largest absolute Gasteiger partial charge is 0.481 e. The molecule has 2 aromatic rings. The molecule has 2 heterocycles. The fourth-order valence-electron chi connectivity index (χ4n) is 6.68. The number of rotatable bonds is 7. The molecule has 0 spiro atoms. The van der Waals surface area contributed by atoms with Crippen LogP contribution in [0.1, 0.15) is 82.3 Å². The molecule has 2 N–H and O–H groups in total. The molecule has 1 amide bonds. The van der Waals surface area contributed by atoms with Gasteiger partial charge in [-0.2, -0.15) is 0 Å². The number of nitrogens with one attached hydrogen (secondary N) is 1. The molecule has 1 aromatic heterocycles. The maximum atomic E-state index is 13.6. The van der Waals surface area contributed by atoms with Gasteiger partial charge in [0.15, 0.2) is 0 Å². The molecule has 36 heavy (non-hydrogen) atoms. The summed E-state index contributed by atoms with van der Waals surface area (Å²) < 4.78 is 13.6. The van der Waals surface area contributed by atoms with Crippen LogP contribution in [0.5, 0.6) is 0 Å². The van der Waals surface area contributed by atoms with Crippen LogP contribution < -0.4 is 0 Å². The second-order valence-corrected chi connectivity index (χ2v) is 11.1. The molecule has 1 aliphatic heterocycles. The van der Waals surface area contributed by atoms with Crippen molar-refractivity contribution in [2.75, 3.05) is 6.54 Å². The number of carboxylic acid groups (broad SMARTS) is 1. The molecule has 2 saturated carbocycles. The first-order chi connectivity index (χ1) is 17.3. The third-order valence-corrected chi connectivity index (χ3v) is 8.57. The fourth-order valence-corrected chi connectivity index (χ4v) is 6.68. The number of aromatic nitrogens is 1. The lowest BCUT2D eigenvalue weighted by Gasteiger charge is -2.46. The lowest BCUT2D eigenvalue weighted by atomic mass is 9.71. The Morgan fingerprint density at radius 1 is 1.17 bits per heavy atom. The highest BCUT2D eigenvalue weighted by Gasteiger charge is 2.43. The molecule has 1 aromatic carbocycles. The number of allylic oxidation sites excluding steroid dienone is 4. The molecular formula is C30H37FN2O3. The van der Waals surface area contributed by atoms with Gasteiger partial charge in [0.05, 0.1) is 11.7 Å². The minimum atomic E-state index is -0.712. The molecule has 192 valence electrons. The standard InChI is InChI=1S/C30H37FN2O3/c1-18(16-28(34)33-15-5-8-22-24(30(35)36)7-4-10-27(22)33)25-17-32-26-9-3-6-23(29(25)26)21(20-12-13-20)14-11-19(2)31/h3,6,9,11,14,17-18,20,22,24,27,32H,4-5,7-8,10,12-13,15-16H2,1-2H3,(H,35,36)/b19-11+,21-14+. The van der Waals surface area contributed by atoms with Crippen LogP contribution >= 0.6 is 0 Å². The van der Waals surface area contributed by atoms with Gasteiger partial charge in [-0.15, -0.1) is 0 Å². The normalized spacial score (nSPS) is 26.1. The van der Waals surface area contributed by atoms with Crippen molar-refractivity contribution in [3.63, 3.8) is 0 Å². The van der Waals surface area contributed by atoms with E-state index in [0.717, 1.165) is 79.1 Å². The monoisotopic (exact) mass is 492 g/mol. The summed E-state index contributed by atoms with van der Waals surface area (Å²) in [7, 11) is 0. The zero-order chi connectivity index (χ0) is 25.4. The Labute approximate surface area is 212 Å². The van der Waals surface area contributed by atoms with Gasteiger partial charge in [0.25, 0.3) is 0 Å². The van der Waals surface area contributed by atoms with Crippen LogP contribution in [-0.2, 0) is 9.59 Å². The summed E-state index contributed by atoms with van der Waals surface area (Å²) >= 11 is 0. The Hall–Kier alpha value is -2.89. The Kier molecular flexibility index (Phi) is 7.05. The van der Waals surface area contributed by atoms with Gasteiger partial charge < -0.3 is 15.0 Å². The van der Waals surface area contributed by atoms with Crippen LogP contribution in [0.15, 0.2) is 42.4 Å². The van der Waals surface area contributed by atoms with Crippen LogP contribution in [-0.4, -0.2) is 39.5 Å². The summed E-state index contributed by atoms with van der Waals surface area (Å²) in [6.45, 7) is 4.29. The van der Waals surface area contributed by atoms with Crippen LogP contribution in [0.3, 0.4) is 0 Å². The van der Waals surface area contributed by atoms with Crippen LogP contribution in [0.4, 0.5) is 4.39 Å². The third-order valence-electron chi connectivity index (χ3n) is 8.57. The molecule has 0 bridgehead atoms. The number of carboxylic acids is 1. The SMILES string of the molecule is C/C(F)=C\C=C(\c1cccc2[nH]cc(C(C)CC(=O)N3CCCC4C(C(=O)O)CCCC43)c12)C1CC1. The topological polar surface area (TPSA) is 73.4 Å². The number of aromatic amines is 1. The number of halogens is 1. The van der Waals surface area contributed by atoms with E-state index in [1.807, 2.05) is 23.2 Å². The van der Waals surface area contributed by atoms with Gasteiger partial charge in [0, 0.05) is 36.1 Å².